The van der Waals surface area contributed by atoms with E-state index in [1.165, 1.54) is 11.9 Å². The maximum Gasteiger partial charge on any atom is 0.260 e. The minimum absolute atomic E-state index is 0.170. The van der Waals surface area contributed by atoms with Crippen LogP contribution < -0.4 is 14.8 Å². The first-order valence-electron chi connectivity index (χ1n) is 8.24. The minimum atomic E-state index is -0.421. The van der Waals surface area contributed by atoms with Gasteiger partial charge in [0.1, 0.15) is 0 Å². The lowest BCUT2D eigenvalue weighted by Crippen LogP contribution is -2.37. The maximum absolute atomic E-state index is 12.2. The van der Waals surface area contributed by atoms with Crippen LogP contribution in [0.25, 0.3) is 0 Å². The molecule has 0 aliphatic heterocycles. The van der Waals surface area contributed by atoms with Gasteiger partial charge < -0.3 is 19.7 Å². The van der Waals surface area contributed by atoms with Gasteiger partial charge in [-0.2, -0.15) is 0 Å². The van der Waals surface area contributed by atoms with Crippen molar-refractivity contribution in [2.75, 3.05) is 32.1 Å². The fourth-order valence-electron chi connectivity index (χ4n) is 2.19. The van der Waals surface area contributed by atoms with Crippen molar-refractivity contribution in [3.8, 4) is 11.5 Å². The van der Waals surface area contributed by atoms with Crippen LogP contribution in [0.1, 0.15) is 6.92 Å². The van der Waals surface area contributed by atoms with Crippen LogP contribution in [-0.2, 0) is 9.59 Å². The molecule has 27 heavy (non-hydrogen) atoms. The number of halogens is 2. The molecule has 2 amide bonds. The van der Waals surface area contributed by atoms with Crippen LogP contribution in [0, 0.1) is 0 Å². The summed E-state index contributed by atoms with van der Waals surface area (Å²) in [5.41, 5.74) is 0.313. The number of amides is 2. The molecule has 0 aromatic heterocycles. The Kier molecular flexibility index (Phi) is 7.76. The average Bonchev–Trinajstić information content (AvgIpc) is 2.64. The van der Waals surface area contributed by atoms with E-state index in [1.54, 1.807) is 36.4 Å². The molecule has 0 unspecified atom stereocenters. The van der Waals surface area contributed by atoms with E-state index in [2.05, 4.69) is 5.32 Å². The molecule has 1 N–H and O–H groups in total. The third kappa shape index (κ3) is 6.05. The second-order valence-electron chi connectivity index (χ2n) is 5.56. The van der Waals surface area contributed by atoms with Gasteiger partial charge in [0.2, 0.25) is 5.91 Å². The summed E-state index contributed by atoms with van der Waals surface area (Å²) in [6.45, 7) is 1.95. The number of nitrogens with one attached hydrogen (secondary N) is 1. The van der Waals surface area contributed by atoms with E-state index in [4.69, 9.17) is 32.7 Å². The Morgan fingerprint density at radius 2 is 1.59 bits per heavy atom. The number of para-hydroxylation sites is 3. The molecule has 0 fully saturated rings. The predicted octanol–water partition coefficient (Wildman–Crippen LogP) is 3.87. The number of anilines is 1. The van der Waals surface area contributed by atoms with Crippen molar-refractivity contribution in [2.45, 2.75) is 6.92 Å². The highest BCUT2D eigenvalue weighted by Crippen LogP contribution is 2.29. The second-order valence-corrected chi connectivity index (χ2v) is 6.38. The van der Waals surface area contributed by atoms with Crippen LogP contribution in [0.15, 0.2) is 42.5 Å². The first kappa shape index (κ1) is 20.9. The van der Waals surface area contributed by atoms with E-state index in [1.807, 2.05) is 13.0 Å². The normalized spacial score (nSPS) is 10.2. The Labute approximate surface area is 168 Å². The number of ether oxygens (including phenoxy) is 2. The van der Waals surface area contributed by atoms with Crippen molar-refractivity contribution in [1.82, 2.24) is 4.90 Å². The summed E-state index contributed by atoms with van der Waals surface area (Å²) in [7, 11) is 1.51. The van der Waals surface area contributed by atoms with Gasteiger partial charge in [-0.05, 0) is 31.2 Å². The van der Waals surface area contributed by atoms with Crippen molar-refractivity contribution < 1.29 is 19.1 Å². The van der Waals surface area contributed by atoms with E-state index in [0.717, 1.165) is 0 Å². The fraction of sp³-hybridized carbons (Fsp3) is 0.263. The number of hydrogen-bond acceptors (Lipinski definition) is 4. The number of carbonyl (C=O) groups excluding carboxylic acids is 2. The molecule has 2 rings (SSSR count). The van der Waals surface area contributed by atoms with Gasteiger partial charge in [0.15, 0.2) is 18.1 Å². The molecule has 2 aromatic rings. The zero-order chi connectivity index (χ0) is 19.8. The fourth-order valence-corrected chi connectivity index (χ4v) is 2.69. The molecular formula is C19H20Cl2N2O4. The molecule has 0 saturated carbocycles. The Morgan fingerprint density at radius 1 is 1.00 bits per heavy atom. The summed E-state index contributed by atoms with van der Waals surface area (Å²) in [6.07, 6.45) is 0. The Morgan fingerprint density at radius 3 is 2.19 bits per heavy atom. The van der Waals surface area contributed by atoms with Crippen LogP contribution >= 0.6 is 23.2 Å². The lowest BCUT2D eigenvalue weighted by atomic mass is 10.3. The highest BCUT2D eigenvalue weighted by atomic mass is 35.5. The maximum atomic E-state index is 12.2. The van der Waals surface area contributed by atoms with Crippen LogP contribution in [-0.4, -0.2) is 43.5 Å². The summed E-state index contributed by atoms with van der Waals surface area (Å²) in [5.74, 6) is 0.243. The van der Waals surface area contributed by atoms with Gasteiger partial charge in [-0.3, -0.25) is 9.59 Å². The van der Waals surface area contributed by atoms with E-state index in [9.17, 15) is 9.59 Å². The van der Waals surface area contributed by atoms with Gasteiger partial charge >= 0.3 is 0 Å². The van der Waals surface area contributed by atoms with Gasteiger partial charge in [0.05, 0.1) is 28.9 Å². The quantitative estimate of drug-likeness (QED) is 0.716. The molecule has 8 heteroatoms. The van der Waals surface area contributed by atoms with Gasteiger partial charge in [0.25, 0.3) is 5.91 Å². The number of likely N-dealkylation sites (N-methyl/N-ethyl adjacent to an activating group) is 1. The predicted molar refractivity (Wildman–Crippen MR) is 106 cm³/mol. The molecule has 0 spiro atoms. The van der Waals surface area contributed by atoms with E-state index >= 15 is 0 Å². The Bertz CT molecular complexity index is 794. The van der Waals surface area contributed by atoms with E-state index in [-0.39, 0.29) is 19.1 Å². The number of rotatable bonds is 8. The van der Waals surface area contributed by atoms with Crippen LogP contribution in [0.2, 0.25) is 10.0 Å². The molecule has 0 bridgehead atoms. The lowest BCUT2D eigenvalue weighted by molar-refractivity contribution is -0.135. The Hall–Kier alpha value is -2.44. The summed E-state index contributed by atoms with van der Waals surface area (Å²) >= 11 is 12.0. The van der Waals surface area contributed by atoms with Crippen molar-refractivity contribution in [3.05, 3.63) is 52.5 Å². The molecule has 0 heterocycles. The lowest BCUT2D eigenvalue weighted by Gasteiger charge is -2.18. The van der Waals surface area contributed by atoms with Gasteiger partial charge in [-0.25, -0.2) is 0 Å². The summed E-state index contributed by atoms with van der Waals surface area (Å²) in [4.78, 5) is 25.7. The van der Waals surface area contributed by atoms with Crippen molar-refractivity contribution in [3.63, 3.8) is 0 Å². The first-order valence-corrected chi connectivity index (χ1v) is 9.00. The monoisotopic (exact) mass is 410 g/mol. The van der Waals surface area contributed by atoms with Crippen LogP contribution in [0.4, 0.5) is 5.69 Å². The van der Waals surface area contributed by atoms with Crippen LogP contribution in [0.5, 0.6) is 11.5 Å². The summed E-state index contributed by atoms with van der Waals surface area (Å²) in [5, 5.41) is 3.25. The zero-order valence-electron chi connectivity index (χ0n) is 15.0. The van der Waals surface area contributed by atoms with Gasteiger partial charge in [0, 0.05) is 7.05 Å². The van der Waals surface area contributed by atoms with Crippen LogP contribution in [0.3, 0.4) is 0 Å². The molecule has 0 radical (unpaired) electrons. The molecule has 2 aromatic carbocycles. The SMILES string of the molecule is CCOc1ccccc1OCC(=O)N(C)CC(=O)Nc1c(Cl)cccc1Cl. The summed E-state index contributed by atoms with van der Waals surface area (Å²) in [6, 6.07) is 12.0. The van der Waals surface area contributed by atoms with Crippen molar-refractivity contribution in [2.24, 2.45) is 0 Å². The summed E-state index contributed by atoms with van der Waals surface area (Å²) < 4.78 is 11.0. The van der Waals surface area contributed by atoms with E-state index in [0.29, 0.717) is 33.8 Å². The minimum Gasteiger partial charge on any atom is -0.490 e. The molecular weight excluding hydrogens is 391 g/mol. The number of nitrogens with zero attached hydrogens (tertiary/aromatic N) is 1. The molecule has 0 saturated heterocycles. The van der Waals surface area contributed by atoms with Gasteiger partial charge in [-0.15, -0.1) is 0 Å². The van der Waals surface area contributed by atoms with E-state index < -0.39 is 5.91 Å². The highest BCUT2D eigenvalue weighted by molar-refractivity contribution is 6.39. The molecule has 0 aliphatic carbocycles. The molecule has 0 aliphatic rings. The zero-order valence-corrected chi connectivity index (χ0v) is 16.5. The number of hydrogen-bond donors (Lipinski definition) is 1. The molecule has 144 valence electrons. The largest absolute Gasteiger partial charge is 0.490 e. The standard InChI is InChI=1S/C19H20Cl2N2O4/c1-3-26-15-9-4-5-10-16(15)27-12-18(25)23(2)11-17(24)22-19-13(20)7-6-8-14(19)21/h4-10H,3,11-12H2,1-2H3,(H,22,24). The number of carbonyl (C=O) groups is 2. The topological polar surface area (TPSA) is 67.9 Å². The highest BCUT2D eigenvalue weighted by Gasteiger charge is 2.16. The molecule has 0 atom stereocenters. The second kappa shape index (κ2) is 10.0. The number of benzene rings is 2. The molecule has 6 nitrogen and oxygen atoms in total. The van der Waals surface area contributed by atoms with Gasteiger partial charge in [-0.1, -0.05) is 41.4 Å². The first-order chi connectivity index (χ1) is 12.9. The third-order valence-corrected chi connectivity index (χ3v) is 4.16. The smallest absolute Gasteiger partial charge is 0.260 e. The third-order valence-electron chi connectivity index (χ3n) is 3.53. The average molecular weight is 411 g/mol. The van der Waals surface area contributed by atoms with Crippen molar-refractivity contribution >= 4 is 40.7 Å². The van der Waals surface area contributed by atoms with Crippen molar-refractivity contribution in [1.29, 1.82) is 0 Å². The Balaban J connectivity index is 1.89.